The molecule has 1 heterocycles. The van der Waals surface area contributed by atoms with Gasteiger partial charge in [-0.1, -0.05) is 23.2 Å². The van der Waals surface area contributed by atoms with Gasteiger partial charge in [-0.15, -0.1) is 0 Å². The van der Waals surface area contributed by atoms with Gasteiger partial charge in [-0.2, -0.15) is 4.98 Å². The van der Waals surface area contributed by atoms with Crippen LogP contribution < -0.4 is 15.4 Å². The molecule has 0 radical (unpaired) electrons. The summed E-state index contributed by atoms with van der Waals surface area (Å²) in [5.74, 6) is 1.00. The lowest BCUT2D eigenvalue weighted by Gasteiger charge is -2.10. The molecule has 0 unspecified atom stereocenters. The second-order valence-electron chi connectivity index (χ2n) is 4.99. The summed E-state index contributed by atoms with van der Waals surface area (Å²) in [5, 5.41) is 6.60. The highest BCUT2D eigenvalue weighted by molar-refractivity contribution is 6.32. The molecule has 2 N–H and O–H groups in total. The van der Waals surface area contributed by atoms with Crippen LogP contribution >= 0.6 is 23.2 Å². The Kier molecular flexibility index (Phi) is 5.21. The molecule has 128 valence electrons. The van der Waals surface area contributed by atoms with E-state index in [-0.39, 0.29) is 5.02 Å². The number of hydrogen-bond acceptors (Lipinski definition) is 5. The van der Waals surface area contributed by atoms with Crippen molar-refractivity contribution in [3.05, 3.63) is 64.5 Å². The number of methoxy groups -OCH3 is 1. The molecule has 1 aromatic heterocycles. The van der Waals surface area contributed by atoms with E-state index in [1.807, 2.05) is 6.07 Å². The first-order valence-corrected chi connectivity index (χ1v) is 7.96. The largest absolute Gasteiger partial charge is 0.495 e. The second-order valence-corrected chi connectivity index (χ2v) is 5.81. The molecular weight excluding hydrogens is 366 g/mol. The van der Waals surface area contributed by atoms with E-state index in [1.165, 1.54) is 12.1 Å². The molecule has 0 saturated heterocycles. The maximum absolute atomic E-state index is 13.2. The van der Waals surface area contributed by atoms with Crippen LogP contribution in [-0.4, -0.2) is 17.1 Å². The molecule has 5 nitrogen and oxygen atoms in total. The van der Waals surface area contributed by atoms with Gasteiger partial charge in [-0.25, -0.2) is 9.37 Å². The number of halogens is 3. The fourth-order valence-electron chi connectivity index (χ4n) is 2.08. The van der Waals surface area contributed by atoms with Gasteiger partial charge in [0.1, 0.15) is 17.4 Å². The van der Waals surface area contributed by atoms with Crippen molar-refractivity contribution in [2.75, 3.05) is 17.7 Å². The van der Waals surface area contributed by atoms with E-state index in [4.69, 9.17) is 27.9 Å². The molecule has 0 spiro atoms. The Morgan fingerprint density at radius 3 is 2.40 bits per heavy atom. The Labute approximate surface area is 153 Å². The average Bonchev–Trinajstić information content (AvgIpc) is 2.59. The Hall–Kier alpha value is -2.57. The van der Waals surface area contributed by atoms with Gasteiger partial charge in [0.25, 0.3) is 0 Å². The molecular formula is C17H13Cl2FN4O. The van der Waals surface area contributed by atoms with Crippen LogP contribution in [0.2, 0.25) is 10.0 Å². The molecule has 2 aromatic carbocycles. The third-order valence-corrected chi connectivity index (χ3v) is 3.84. The quantitative estimate of drug-likeness (QED) is 0.620. The van der Waals surface area contributed by atoms with Crippen molar-refractivity contribution in [3.8, 4) is 5.75 Å². The maximum atomic E-state index is 13.2. The summed E-state index contributed by atoms with van der Waals surface area (Å²) >= 11 is 11.9. The van der Waals surface area contributed by atoms with Crippen molar-refractivity contribution in [2.24, 2.45) is 0 Å². The summed E-state index contributed by atoms with van der Waals surface area (Å²) in [5.41, 5.74) is 1.33. The van der Waals surface area contributed by atoms with E-state index in [0.29, 0.717) is 28.2 Å². The number of benzene rings is 2. The zero-order valence-corrected chi connectivity index (χ0v) is 14.6. The number of anilines is 4. The minimum Gasteiger partial charge on any atom is -0.495 e. The van der Waals surface area contributed by atoms with Crippen LogP contribution in [0.4, 0.5) is 27.5 Å². The van der Waals surface area contributed by atoms with Gasteiger partial charge in [-0.05, 0) is 42.5 Å². The topological polar surface area (TPSA) is 59.1 Å². The van der Waals surface area contributed by atoms with Crippen LogP contribution in [0.5, 0.6) is 5.75 Å². The van der Waals surface area contributed by atoms with Crippen molar-refractivity contribution in [1.82, 2.24) is 9.97 Å². The SMILES string of the molecule is COc1ccc(Nc2ccnc(Nc3ccc(F)c(Cl)c3)n2)cc1Cl. The van der Waals surface area contributed by atoms with Crippen molar-refractivity contribution in [3.63, 3.8) is 0 Å². The van der Waals surface area contributed by atoms with E-state index < -0.39 is 5.82 Å². The lowest BCUT2D eigenvalue weighted by atomic mass is 10.3. The first kappa shape index (κ1) is 17.3. The number of ether oxygens (including phenoxy) is 1. The summed E-state index contributed by atoms with van der Waals surface area (Å²) < 4.78 is 18.3. The highest BCUT2D eigenvalue weighted by Gasteiger charge is 2.06. The van der Waals surface area contributed by atoms with Crippen LogP contribution in [-0.2, 0) is 0 Å². The summed E-state index contributed by atoms with van der Waals surface area (Å²) in [4.78, 5) is 8.47. The van der Waals surface area contributed by atoms with Crippen molar-refractivity contribution in [2.45, 2.75) is 0 Å². The molecule has 0 saturated carbocycles. The van der Waals surface area contributed by atoms with Gasteiger partial charge in [0.05, 0.1) is 17.2 Å². The smallest absolute Gasteiger partial charge is 0.229 e. The first-order valence-electron chi connectivity index (χ1n) is 7.21. The number of nitrogens with zero attached hydrogens (tertiary/aromatic N) is 2. The molecule has 25 heavy (non-hydrogen) atoms. The third-order valence-electron chi connectivity index (χ3n) is 3.26. The number of rotatable bonds is 5. The van der Waals surface area contributed by atoms with E-state index in [1.54, 1.807) is 37.6 Å². The fourth-order valence-corrected chi connectivity index (χ4v) is 2.52. The summed E-state index contributed by atoms with van der Waals surface area (Å²) in [6, 6.07) is 11.3. The Morgan fingerprint density at radius 1 is 0.960 bits per heavy atom. The lowest BCUT2D eigenvalue weighted by Crippen LogP contribution is -2.00. The molecule has 0 bridgehead atoms. The minimum absolute atomic E-state index is 0.0205. The average molecular weight is 379 g/mol. The predicted octanol–water partition coefficient (Wildman–Crippen LogP) is 5.42. The second kappa shape index (κ2) is 7.55. The number of hydrogen-bond donors (Lipinski definition) is 2. The summed E-state index contributed by atoms with van der Waals surface area (Å²) in [7, 11) is 1.55. The molecule has 0 atom stereocenters. The van der Waals surface area contributed by atoms with Crippen LogP contribution in [0.1, 0.15) is 0 Å². The molecule has 3 aromatic rings. The van der Waals surface area contributed by atoms with Crippen molar-refractivity contribution < 1.29 is 9.13 Å². The molecule has 0 fully saturated rings. The van der Waals surface area contributed by atoms with Crippen LogP contribution in [0.25, 0.3) is 0 Å². The number of aromatic nitrogens is 2. The van der Waals surface area contributed by atoms with E-state index in [9.17, 15) is 4.39 Å². The standard InChI is InChI=1S/C17H13Cl2FN4O/c1-25-15-5-3-10(9-13(15)19)22-16-6-7-21-17(24-16)23-11-2-4-14(20)12(18)8-11/h2-9H,1H3,(H2,21,22,23,24). The summed E-state index contributed by atoms with van der Waals surface area (Å²) in [6.07, 6.45) is 1.59. The van der Waals surface area contributed by atoms with Crippen molar-refractivity contribution >= 4 is 46.3 Å². The summed E-state index contributed by atoms with van der Waals surface area (Å²) in [6.45, 7) is 0. The minimum atomic E-state index is -0.486. The van der Waals surface area contributed by atoms with Gasteiger partial charge in [-0.3, -0.25) is 0 Å². The normalized spacial score (nSPS) is 10.4. The van der Waals surface area contributed by atoms with Gasteiger partial charge in [0.15, 0.2) is 0 Å². The monoisotopic (exact) mass is 378 g/mol. The highest BCUT2D eigenvalue weighted by Crippen LogP contribution is 2.28. The highest BCUT2D eigenvalue weighted by atomic mass is 35.5. The van der Waals surface area contributed by atoms with Gasteiger partial charge < -0.3 is 15.4 Å². The molecule has 0 amide bonds. The van der Waals surface area contributed by atoms with E-state index in [2.05, 4.69) is 20.6 Å². The van der Waals surface area contributed by atoms with Crippen molar-refractivity contribution in [1.29, 1.82) is 0 Å². The van der Waals surface area contributed by atoms with Gasteiger partial charge >= 0.3 is 0 Å². The van der Waals surface area contributed by atoms with Gasteiger partial charge in [0, 0.05) is 17.6 Å². The third kappa shape index (κ3) is 4.29. The lowest BCUT2D eigenvalue weighted by molar-refractivity contribution is 0.415. The molecule has 0 aliphatic heterocycles. The Balaban J connectivity index is 1.77. The van der Waals surface area contributed by atoms with Gasteiger partial charge in [0.2, 0.25) is 5.95 Å². The maximum Gasteiger partial charge on any atom is 0.229 e. The predicted molar refractivity (Wildman–Crippen MR) is 98.0 cm³/mol. The van der Waals surface area contributed by atoms with E-state index in [0.717, 1.165) is 5.69 Å². The first-order chi connectivity index (χ1) is 12.0. The Morgan fingerprint density at radius 2 is 1.68 bits per heavy atom. The zero-order valence-electron chi connectivity index (χ0n) is 13.1. The zero-order chi connectivity index (χ0) is 17.8. The van der Waals surface area contributed by atoms with Crippen LogP contribution in [0, 0.1) is 5.82 Å². The number of nitrogens with one attached hydrogen (secondary N) is 2. The van der Waals surface area contributed by atoms with E-state index >= 15 is 0 Å². The Bertz CT molecular complexity index is 908. The molecule has 8 heteroatoms. The van der Waals surface area contributed by atoms with Crippen LogP contribution in [0.3, 0.4) is 0 Å². The molecule has 0 aliphatic rings. The fraction of sp³-hybridized carbons (Fsp3) is 0.0588. The van der Waals surface area contributed by atoms with Crippen LogP contribution in [0.15, 0.2) is 48.7 Å². The molecule has 0 aliphatic carbocycles. The molecule has 3 rings (SSSR count).